The van der Waals surface area contributed by atoms with Crippen molar-refractivity contribution in [1.29, 1.82) is 0 Å². The number of rotatable bonds is 5. The van der Waals surface area contributed by atoms with Gasteiger partial charge >= 0.3 is 6.18 Å². The van der Waals surface area contributed by atoms with Crippen LogP contribution >= 0.6 is 0 Å². The molecule has 0 atom stereocenters. The van der Waals surface area contributed by atoms with Crippen molar-refractivity contribution in [2.75, 3.05) is 20.3 Å². The number of hydrogen-bond donors (Lipinski definition) is 1. The van der Waals surface area contributed by atoms with Crippen molar-refractivity contribution in [3.8, 4) is 23.3 Å². The highest BCUT2D eigenvalue weighted by Gasteiger charge is 2.30. The molecule has 0 aromatic heterocycles. The lowest BCUT2D eigenvalue weighted by Gasteiger charge is -2.08. The summed E-state index contributed by atoms with van der Waals surface area (Å²) in [4.78, 5) is 11.9. The van der Waals surface area contributed by atoms with Gasteiger partial charge in [0.05, 0.1) is 19.2 Å². The van der Waals surface area contributed by atoms with Crippen molar-refractivity contribution >= 4 is 5.91 Å². The van der Waals surface area contributed by atoms with Gasteiger partial charge in [-0.2, -0.15) is 13.2 Å². The number of ether oxygens (including phenoxy) is 2. The summed E-state index contributed by atoms with van der Waals surface area (Å²) >= 11 is 0. The van der Waals surface area contributed by atoms with Gasteiger partial charge < -0.3 is 14.8 Å². The summed E-state index contributed by atoms with van der Waals surface area (Å²) in [6, 6.07) is 11.2. The van der Waals surface area contributed by atoms with Gasteiger partial charge in [-0.3, -0.25) is 4.79 Å². The number of hydrogen-bond acceptors (Lipinski definition) is 3. The molecule has 0 unspecified atom stereocenters. The summed E-state index contributed by atoms with van der Waals surface area (Å²) in [6.07, 6.45) is -4.42. The molecule has 2 rings (SSSR count). The molecule has 1 amide bonds. The van der Waals surface area contributed by atoms with Gasteiger partial charge in [-0.15, -0.1) is 0 Å². The number of nitrogens with one attached hydrogen (secondary N) is 1. The normalized spacial score (nSPS) is 10.5. The van der Waals surface area contributed by atoms with Crippen LogP contribution in [0.2, 0.25) is 0 Å². The van der Waals surface area contributed by atoms with Gasteiger partial charge in [0.2, 0.25) is 0 Å². The van der Waals surface area contributed by atoms with Crippen molar-refractivity contribution in [3.05, 3.63) is 59.7 Å². The average molecular weight is 363 g/mol. The predicted molar refractivity (Wildman–Crippen MR) is 90.0 cm³/mol. The van der Waals surface area contributed by atoms with Crippen LogP contribution in [0.1, 0.15) is 15.9 Å². The molecule has 1 N–H and O–H groups in total. The summed E-state index contributed by atoms with van der Waals surface area (Å²) in [5.41, 5.74) is -0.347. The van der Waals surface area contributed by atoms with Gasteiger partial charge in [-0.1, -0.05) is 24.0 Å². The number of benzene rings is 2. The molecule has 0 radical (unpaired) electrons. The van der Waals surface area contributed by atoms with Gasteiger partial charge in [0.25, 0.3) is 5.91 Å². The summed E-state index contributed by atoms with van der Waals surface area (Å²) in [5, 5.41) is 2.61. The van der Waals surface area contributed by atoms with E-state index in [0.29, 0.717) is 11.3 Å². The van der Waals surface area contributed by atoms with E-state index in [2.05, 4.69) is 17.2 Å². The van der Waals surface area contributed by atoms with Crippen LogP contribution in [0.4, 0.5) is 13.2 Å². The van der Waals surface area contributed by atoms with Crippen molar-refractivity contribution < 1.29 is 27.4 Å². The number of methoxy groups -OCH3 is 1. The molecule has 2 aromatic carbocycles. The number of alkyl halides is 3. The summed E-state index contributed by atoms with van der Waals surface area (Å²) < 4.78 is 48.0. The molecule has 0 heterocycles. The van der Waals surface area contributed by atoms with Crippen LogP contribution in [0.25, 0.3) is 0 Å². The average Bonchev–Trinajstić information content (AvgIpc) is 2.64. The van der Waals surface area contributed by atoms with E-state index in [1.165, 1.54) is 19.2 Å². The molecule has 4 nitrogen and oxygen atoms in total. The molecule has 26 heavy (non-hydrogen) atoms. The van der Waals surface area contributed by atoms with Crippen LogP contribution in [-0.4, -0.2) is 26.2 Å². The monoisotopic (exact) mass is 363 g/mol. The summed E-state index contributed by atoms with van der Waals surface area (Å²) in [7, 11) is 1.51. The Kier molecular flexibility index (Phi) is 6.50. The molecule has 7 heteroatoms. The van der Waals surface area contributed by atoms with Crippen LogP contribution in [0.15, 0.2) is 48.5 Å². The van der Waals surface area contributed by atoms with E-state index in [1.807, 2.05) is 0 Å². The fraction of sp³-hybridized carbons (Fsp3) is 0.211. The zero-order chi connectivity index (χ0) is 19.0. The highest BCUT2D eigenvalue weighted by molar-refractivity contribution is 5.94. The summed E-state index contributed by atoms with van der Waals surface area (Å²) in [6.45, 7) is -0.00165. The Morgan fingerprint density at radius 3 is 2.54 bits per heavy atom. The predicted octanol–water partition coefficient (Wildman–Crippen LogP) is 3.53. The minimum Gasteiger partial charge on any atom is -0.497 e. The van der Waals surface area contributed by atoms with Crippen LogP contribution in [0.5, 0.6) is 11.5 Å². The molecule has 0 bridgehead atoms. The molecule has 0 saturated carbocycles. The number of halogens is 3. The minimum absolute atomic E-state index is 0.0783. The van der Waals surface area contributed by atoms with Crippen LogP contribution in [0.3, 0.4) is 0 Å². The van der Waals surface area contributed by atoms with Gasteiger partial charge in [-0.25, -0.2) is 0 Å². The SMILES string of the molecule is COc1cccc(C(=O)NCC#CCOc2cccc(C(F)(F)F)c2)c1. The number of carbonyl (C=O) groups is 1. The van der Waals surface area contributed by atoms with E-state index < -0.39 is 11.7 Å². The Labute approximate surface area is 148 Å². The topological polar surface area (TPSA) is 47.6 Å². The molecule has 0 aliphatic heterocycles. The maximum Gasteiger partial charge on any atom is 0.416 e. The molecular formula is C19H16F3NO3. The quantitative estimate of drug-likeness (QED) is 0.827. The number of carbonyl (C=O) groups excluding carboxylic acids is 1. The van der Waals surface area contributed by atoms with Crippen LogP contribution in [-0.2, 0) is 6.18 Å². The van der Waals surface area contributed by atoms with Gasteiger partial charge in [-0.05, 0) is 36.4 Å². The standard InChI is InChI=1S/C19H16F3NO3/c1-25-16-8-4-6-14(12-16)18(24)23-10-2-3-11-26-17-9-5-7-15(13-17)19(20,21)22/h4-9,12-13H,10-11H2,1H3,(H,23,24). The van der Waals surface area contributed by atoms with Gasteiger partial charge in [0.15, 0.2) is 0 Å². The molecule has 136 valence electrons. The Bertz CT molecular complexity index is 823. The molecular weight excluding hydrogens is 347 g/mol. The fourth-order valence-electron chi connectivity index (χ4n) is 1.99. The molecule has 0 fully saturated rings. The first kappa shape index (κ1) is 19.2. The lowest BCUT2D eigenvalue weighted by molar-refractivity contribution is -0.137. The molecule has 0 saturated heterocycles. The molecule has 2 aromatic rings. The zero-order valence-corrected chi connectivity index (χ0v) is 13.9. The smallest absolute Gasteiger partial charge is 0.416 e. The van der Waals surface area contributed by atoms with Gasteiger partial charge in [0, 0.05) is 5.56 Å². The third-order valence-electron chi connectivity index (χ3n) is 3.27. The van der Waals surface area contributed by atoms with E-state index in [0.717, 1.165) is 12.1 Å². The van der Waals surface area contributed by atoms with Crippen molar-refractivity contribution in [2.45, 2.75) is 6.18 Å². The zero-order valence-electron chi connectivity index (χ0n) is 13.9. The molecule has 0 spiro atoms. The number of amides is 1. The Hall–Kier alpha value is -3.14. The Morgan fingerprint density at radius 2 is 1.81 bits per heavy atom. The van der Waals surface area contributed by atoms with Crippen molar-refractivity contribution in [3.63, 3.8) is 0 Å². The Morgan fingerprint density at radius 1 is 1.08 bits per heavy atom. The first-order chi connectivity index (χ1) is 12.4. The largest absolute Gasteiger partial charge is 0.497 e. The Balaban J connectivity index is 1.80. The van der Waals surface area contributed by atoms with Crippen molar-refractivity contribution in [2.24, 2.45) is 0 Å². The third kappa shape index (κ3) is 5.74. The van der Waals surface area contributed by atoms with Crippen LogP contribution in [0, 0.1) is 11.8 Å². The first-order valence-corrected chi connectivity index (χ1v) is 7.58. The second kappa shape index (κ2) is 8.81. The first-order valence-electron chi connectivity index (χ1n) is 7.58. The lowest BCUT2D eigenvalue weighted by Crippen LogP contribution is -2.23. The molecule has 0 aliphatic carbocycles. The maximum absolute atomic E-state index is 12.6. The lowest BCUT2D eigenvalue weighted by atomic mass is 10.2. The van der Waals surface area contributed by atoms with Gasteiger partial charge in [0.1, 0.15) is 18.1 Å². The summed E-state index contributed by atoms with van der Waals surface area (Å²) in [5.74, 6) is 5.64. The van der Waals surface area contributed by atoms with E-state index >= 15 is 0 Å². The van der Waals surface area contributed by atoms with E-state index in [-0.39, 0.29) is 24.8 Å². The van der Waals surface area contributed by atoms with E-state index in [9.17, 15) is 18.0 Å². The molecule has 0 aliphatic rings. The second-order valence-electron chi connectivity index (χ2n) is 5.08. The highest BCUT2D eigenvalue weighted by atomic mass is 19.4. The second-order valence-corrected chi connectivity index (χ2v) is 5.08. The minimum atomic E-state index is -4.42. The third-order valence-corrected chi connectivity index (χ3v) is 3.27. The van der Waals surface area contributed by atoms with E-state index in [4.69, 9.17) is 9.47 Å². The highest BCUT2D eigenvalue weighted by Crippen LogP contribution is 2.31. The fourth-order valence-corrected chi connectivity index (χ4v) is 1.99. The maximum atomic E-state index is 12.6. The van der Waals surface area contributed by atoms with E-state index in [1.54, 1.807) is 24.3 Å². The van der Waals surface area contributed by atoms with Crippen LogP contribution < -0.4 is 14.8 Å². The van der Waals surface area contributed by atoms with Crippen molar-refractivity contribution in [1.82, 2.24) is 5.32 Å².